The molecule has 0 atom stereocenters. The van der Waals surface area contributed by atoms with E-state index in [9.17, 15) is 19.2 Å². The van der Waals surface area contributed by atoms with Crippen LogP contribution in [0.25, 0.3) is 0 Å². The molecule has 0 aromatic heterocycles. The average Bonchev–Trinajstić information content (AvgIpc) is 2.62. The van der Waals surface area contributed by atoms with Crippen molar-refractivity contribution in [3.63, 3.8) is 0 Å². The summed E-state index contributed by atoms with van der Waals surface area (Å²) in [7, 11) is 0. The van der Waals surface area contributed by atoms with E-state index in [4.69, 9.17) is 4.74 Å². The fraction of sp³-hybridized carbons (Fsp3) is 0.318. The summed E-state index contributed by atoms with van der Waals surface area (Å²) in [6, 6.07) is 12.7. The second kappa shape index (κ2) is 8.31. The summed E-state index contributed by atoms with van der Waals surface area (Å²) in [5.41, 5.74) is -0.275. The van der Waals surface area contributed by atoms with E-state index in [1.807, 2.05) is 0 Å². The number of ether oxygens (including phenoxy) is 1. The SMILES string of the molecule is CC(C)(C)OC(=O)Nc1ccc(F)c(C(=O)Nc2cccc(C(C)(C)C#N)c2)c1. The van der Waals surface area contributed by atoms with Gasteiger partial charge >= 0.3 is 6.09 Å². The standard InChI is InChI=1S/C22H24FN3O3/c1-21(2,3)29-20(28)26-16-9-10-18(23)17(12-16)19(27)25-15-8-6-7-14(11-15)22(4,5)13-24/h6-12H,1-5H3,(H,25,27)(H,26,28). The number of hydrogen-bond acceptors (Lipinski definition) is 4. The molecule has 0 unspecified atom stereocenters. The minimum absolute atomic E-state index is 0.227. The van der Waals surface area contributed by atoms with Crippen molar-refractivity contribution < 1.29 is 18.7 Å². The minimum Gasteiger partial charge on any atom is -0.444 e. The monoisotopic (exact) mass is 397 g/mol. The number of halogens is 1. The van der Waals surface area contributed by atoms with Gasteiger partial charge in [0.15, 0.2) is 0 Å². The molecular formula is C22H24FN3O3. The quantitative estimate of drug-likeness (QED) is 0.739. The van der Waals surface area contributed by atoms with Gasteiger partial charge in [0.05, 0.1) is 17.0 Å². The first-order chi connectivity index (χ1) is 13.4. The van der Waals surface area contributed by atoms with Crippen molar-refractivity contribution in [3.8, 4) is 6.07 Å². The van der Waals surface area contributed by atoms with Crippen LogP contribution in [0.1, 0.15) is 50.5 Å². The lowest BCUT2D eigenvalue weighted by molar-refractivity contribution is 0.0635. The third kappa shape index (κ3) is 6.04. The van der Waals surface area contributed by atoms with E-state index < -0.39 is 28.8 Å². The van der Waals surface area contributed by atoms with Crippen LogP contribution in [0.2, 0.25) is 0 Å². The molecule has 0 aliphatic rings. The number of benzene rings is 2. The molecule has 0 bridgehead atoms. The minimum atomic E-state index is -0.733. The Morgan fingerprint density at radius 2 is 1.66 bits per heavy atom. The molecule has 0 aliphatic heterocycles. The van der Waals surface area contributed by atoms with E-state index in [0.717, 1.165) is 11.6 Å². The van der Waals surface area contributed by atoms with E-state index >= 15 is 0 Å². The third-order valence-electron chi connectivity index (χ3n) is 3.98. The lowest BCUT2D eigenvalue weighted by Crippen LogP contribution is -2.27. The van der Waals surface area contributed by atoms with Crippen LogP contribution >= 0.6 is 0 Å². The van der Waals surface area contributed by atoms with Crippen molar-refractivity contribution in [2.24, 2.45) is 0 Å². The summed E-state index contributed by atoms with van der Waals surface area (Å²) < 4.78 is 19.4. The van der Waals surface area contributed by atoms with Crippen LogP contribution in [0.15, 0.2) is 42.5 Å². The van der Waals surface area contributed by atoms with Gasteiger partial charge in [-0.1, -0.05) is 12.1 Å². The van der Waals surface area contributed by atoms with Crippen LogP contribution in [0.5, 0.6) is 0 Å². The van der Waals surface area contributed by atoms with Crippen molar-refractivity contribution in [2.45, 2.75) is 45.6 Å². The van der Waals surface area contributed by atoms with Crippen molar-refractivity contribution in [3.05, 3.63) is 59.4 Å². The Bertz CT molecular complexity index is 972. The van der Waals surface area contributed by atoms with Gasteiger partial charge in [-0.3, -0.25) is 10.1 Å². The molecule has 152 valence electrons. The van der Waals surface area contributed by atoms with Gasteiger partial charge in [0.25, 0.3) is 5.91 Å². The smallest absolute Gasteiger partial charge is 0.412 e. The summed E-state index contributed by atoms with van der Waals surface area (Å²) >= 11 is 0. The van der Waals surface area contributed by atoms with Crippen molar-refractivity contribution in [2.75, 3.05) is 10.6 Å². The Kier molecular flexibility index (Phi) is 6.28. The number of hydrogen-bond donors (Lipinski definition) is 2. The van der Waals surface area contributed by atoms with Gasteiger partial charge in [0.1, 0.15) is 11.4 Å². The first-order valence-electron chi connectivity index (χ1n) is 9.04. The van der Waals surface area contributed by atoms with Crippen LogP contribution in [-0.2, 0) is 10.2 Å². The van der Waals surface area contributed by atoms with Gasteiger partial charge in [0, 0.05) is 11.4 Å². The maximum atomic E-state index is 14.2. The van der Waals surface area contributed by atoms with E-state index in [1.54, 1.807) is 58.9 Å². The third-order valence-corrected chi connectivity index (χ3v) is 3.98. The van der Waals surface area contributed by atoms with Crippen molar-refractivity contribution in [1.82, 2.24) is 0 Å². The molecule has 0 heterocycles. The molecule has 0 fully saturated rings. The first kappa shape index (κ1) is 21.9. The van der Waals surface area contributed by atoms with Crippen molar-refractivity contribution in [1.29, 1.82) is 5.26 Å². The average molecular weight is 397 g/mol. The number of amides is 2. The summed E-state index contributed by atoms with van der Waals surface area (Å²) in [5.74, 6) is -1.41. The van der Waals surface area contributed by atoms with E-state index in [2.05, 4.69) is 16.7 Å². The highest BCUT2D eigenvalue weighted by atomic mass is 19.1. The van der Waals surface area contributed by atoms with Crippen LogP contribution in [0.4, 0.5) is 20.6 Å². The zero-order valence-electron chi connectivity index (χ0n) is 17.1. The number of nitriles is 1. The number of carbonyl (C=O) groups excluding carboxylic acids is 2. The fourth-order valence-corrected chi connectivity index (χ4v) is 2.45. The molecule has 7 heteroatoms. The van der Waals surface area contributed by atoms with Gasteiger partial charge < -0.3 is 10.1 Å². The van der Waals surface area contributed by atoms with Gasteiger partial charge in [-0.15, -0.1) is 0 Å². The Labute approximate surface area is 169 Å². The largest absolute Gasteiger partial charge is 0.444 e. The van der Waals surface area contributed by atoms with Crippen LogP contribution in [-0.4, -0.2) is 17.6 Å². The first-order valence-corrected chi connectivity index (χ1v) is 9.04. The molecule has 2 aromatic carbocycles. The molecule has 29 heavy (non-hydrogen) atoms. The second-order valence-corrected chi connectivity index (χ2v) is 8.09. The number of nitrogens with one attached hydrogen (secondary N) is 2. The molecule has 0 saturated heterocycles. The van der Waals surface area contributed by atoms with Crippen LogP contribution in [0, 0.1) is 17.1 Å². The van der Waals surface area contributed by atoms with E-state index in [-0.39, 0.29) is 11.3 Å². The number of carbonyl (C=O) groups is 2. The zero-order chi connectivity index (χ0) is 21.8. The van der Waals surface area contributed by atoms with Crippen LogP contribution in [0.3, 0.4) is 0 Å². The Morgan fingerprint density at radius 1 is 1.00 bits per heavy atom. The summed E-state index contributed by atoms with van der Waals surface area (Å²) in [6.07, 6.45) is -0.707. The molecule has 0 spiro atoms. The fourth-order valence-electron chi connectivity index (χ4n) is 2.45. The van der Waals surface area contributed by atoms with Gasteiger partial charge in [-0.05, 0) is 70.5 Å². The Hall–Kier alpha value is -3.40. The Balaban J connectivity index is 2.20. The highest BCUT2D eigenvalue weighted by molar-refractivity contribution is 6.05. The maximum absolute atomic E-state index is 14.2. The summed E-state index contributed by atoms with van der Waals surface area (Å²) in [5, 5.41) is 14.4. The molecule has 6 nitrogen and oxygen atoms in total. The highest BCUT2D eigenvalue weighted by Crippen LogP contribution is 2.25. The number of nitrogens with zero attached hydrogens (tertiary/aromatic N) is 1. The molecule has 0 aliphatic carbocycles. The van der Waals surface area contributed by atoms with E-state index in [1.165, 1.54) is 12.1 Å². The molecule has 2 rings (SSSR count). The summed E-state index contributed by atoms with van der Waals surface area (Å²) in [6.45, 7) is 8.69. The normalized spacial score (nSPS) is 11.3. The van der Waals surface area contributed by atoms with Gasteiger partial charge in [-0.25, -0.2) is 9.18 Å². The molecule has 0 radical (unpaired) electrons. The molecular weight excluding hydrogens is 373 g/mol. The predicted octanol–water partition coefficient (Wildman–Crippen LogP) is 5.23. The van der Waals surface area contributed by atoms with Gasteiger partial charge in [-0.2, -0.15) is 5.26 Å². The van der Waals surface area contributed by atoms with Crippen molar-refractivity contribution >= 4 is 23.4 Å². The van der Waals surface area contributed by atoms with E-state index in [0.29, 0.717) is 5.69 Å². The zero-order valence-corrected chi connectivity index (χ0v) is 17.1. The predicted molar refractivity (Wildman–Crippen MR) is 109 cm³/mol. The van der Waals surface area contributed by atoms with Gasteiger partial charge in [0.2, 0.25) is 0 Å². The topological polar surface area (TPSA) is 91.2 Å². The molecule has 0 saturated carbocycles. The number of rotatable bonds is 4. The Morgan fingerprint density at radius 3 is 2.28 bits per heavy atom. The summed E-state index contributed by atoms with van der Waals surface area (Å²) in [4.78, 5) is 24.5. The highest BCUT2D eigenvalue weighted by Gasteiger charge is 2.21. The molecule has 2 amide bonds. The number of anilines is 2. The lowest BCUT2D eigenvalue weighted by atomic mass is 9.86. The maximum Gasteiger partial charge on any atom is 0.412 e. The molecule has 2 N–H and O–H groups in total. The van der Waals surface area contributed by atoms with Crippen LogP contribution < -0.4 is 10.6 Å². The molecule has 2 aromatic rings. The lowest BCUT2D eigenvalue weighted by Gasteiger charge is -2.20. The second-order valence-electron chi connectivity index (χ2n) is 8.09.